The minimum absolute atomic E-state index is 0.0688. The van der Waals surface area contributed by atoms with E-state index in [-0.39, 0.29) is 11.9 Å². The molecule has 1 aromatic carbocycles. The molecule has 0 bridgehead atoms. The van der Waals surface area contributed by atoms with Gasteiger partial charge in [0, 0.05) is 18.1 Å². The van der Waals surface area contributed by atoms with E-state index in [4.69, 9.17) is 18.7 Å². The van der Waals surface area contributed by atoms with Crippen molar-refractivity contribution in [1.82, 2.24) is 0 Å². The van der Waals surface area contributed by atoms with E-state index >= 15 is 0 Å². The third-order valence-corrected chi connectivity index (χ3v) is 3.27. The number of oxime groups is 1. The first kappa shape index (κ1) is 14.2. The van der Waals surface area contributed by atoms with Crippen LogP contribution in [0.5, 0.6) is 11.5 Å². The van der Waals surface area contributed by atoms with Gasteiger partial charge < -0.3 is 18.7 Å². The van der Waals surface area contributed by atoms with Gasteiger partial charge in [-0.15, -0.1) is 0 Å². The molecular formula is C16H15NO5. The molecule has 0 fully saturated rings. The molecule has 0 unspecified atom stereocenters. The lowest BCUT2D eigenvalue weighted by atomic mass is 10.0. The Morgan fingerprint density at radius 1 is 1.36 bits per heavy atom. The van der Waals surface area contributed by atoms with Gasteiger partial charge in [-0.05, 0) is 31.2 Å². The number of hydrogen-bond acceptors (Lipinski definition) is 6. The van der Waals surface area contributed by atoms with Crippen molar-refractivity contribution in [1.29, 1.82) is 0 Å². The van der Waals surface area contributed by atoms with Gasteiger partial charge in [0.05, 0.1) is 19.1 Å². The van der Waals surface area contributed by atoms with Crippen molar-refractivity contribution >= 4 is 11.7 Å². The lowest BCUT2D eigenvalue weighted by Crippen LogP contribution is -2.25. The molecule has 2 aromatic rings. The molecule has 0 spiro atoms. The quantitative estimate of drug-likeness (QED) is 0.643. The lowest BCUT2D eigenvalue weighted by molar-refractivity contribution is 0.0476. The Morgan fingerprint density at radius 3 is 2.95 bits per heavy atom. The molecule has 114 valence electrons. The van der Waals surface area contributed by atoms with Crippen molar-refractivity contribution in [2.24, 2.45) is 5.16 Å². The molecule has 3 rings (SSSR count). The highest BCUT2D eigenvalue weighted by Crippen LogP contribution is 2.31. The Bertz CT molecular complexity index is 705. The average molecular weight is 301 g/mol. The Morgan fingerprint density at radius 2 is 2.23 bits per heavy atom. The first-order valence-corrected chi connectivity index (χ1v) is 6.84. The normalized spacial score (nSPS) is 18.5. The molecule has 0 radical (unpaired) electrons. The van der Waals surface area contributed by atoms with Crippen molar-refractivity contribution in [2.45, 2.75) is 19.4 Å². The Labute approximate surface area is 127 Å². The van der Waals surface area contributed by atoms with Gasteiger partial charge in [-0.1, -0.05) is 5.16 Å². The van der Waals surface area contributed by atoms with E-state index in [0.29, 0.717) is 23.6 Å². The van der Waals surface area contributed by atoms with E-state index in [1.165, 1.54) is 12.3 Å². The van der Waals surface area contributed by atoms with E-state index in [2.05, 4.69) is 5.16 Å². The molecule has 0 N–H and O–H groups in total. The summed E-state index contributed by atoms with van der Waals surface area (Å²) in [6, 6.07) is 8.56. The SMILES string of the molecule is COc1ccc2c(c1)O[C@H](C)C/C2=N/OC(=O)c1ccco1. The second kappa shape index (κ2) is 5.93. The summed E-state index contributed by atoms with van der Waals surface area (Å²) in [4.78, 5) is 16.7. The summed E-state index contributed by atoms with van der Waals surface area (Å²) in [6.45, 7) is 1.92. The number of rotatable bonds is 3. The van der Waals surface area contributed by atoms with Gasteiger partial charge in [0.25, 0.3) is 0 Å². The molecule has 1 atom stereocenters. The van der Waals surface area contributed by atoms with Crippen LogP contribution in [0.2, 0.25) is 0 Å². The van der Waals surface area contributed by atoms with Crippen molar-refractivity contribution in [3.63, 3.8) is 0 Å². The number of furan rings is 1. The number of hydrogen-bond donors (Lipinski definition) is 0. The van der Waals surface area contributed by atoms with E-state index in [0.717, 1.165) is 5.56 Å². The van der Waals surface area contributed by atoms with Gasteiger partial charge in [-0.2, -0.15) is 0 Å². The first-order valence-electron chi connectivity index (χ1n) is 6.84. The van der Waals surface area contributed by atoms with Gasteiger partial charge in [0.2, 0.25) is 5.76 Å². The zero-order chi connectivity index (χ0) is 15.5. The van der Waals surface area contributed by atoms with Crippen LogP contribution in [0.1, 0.15) is 29.5 Å². The average Bonchev–Trinajstić information content (AvgIpc) is 3.05. The molecule has 1 aliphatic rings. The molecule has 6 heteroatoms. The van der Waals surface area contributed by atoms with Crippen LogP contribution in [0.3, 0.4) is 0 Å². The fourth-order valence-electron chi connectivity index (χ4n) is 2.23. The minimum atomic E-state index is -0.633. The van der Waals surface area contributed by atoms with Gasteiger partial charge in [0.15, 0.2) is 0 Å². The maximum atomic E-state index is 11.8. The summed E-state index contributed by atoms with van der Waals surface area (Å²) in [5.41, 5.74) is 1.43. The van der Waals surface area contributed by atoms with Crippen LogP contribution in [0.25, 0.3) is 0 Å². The van der Waals surface area contributed by atoms with Crippen LogP contribution in [0.15, 0.2) is 46.2 Å². The van der Waals surface area contributed by atoms with Crippen LogP contribution in [-0.4, -0.2) is 24.9 Å². The Kier molecular flexibility index (Phi) is 3.82. The van der Waals surface area contributed by atoms with E-state index < -0.39 is 5.97 Å². The summed E-state index contributed by atoms with van der Waals surface area (Å²) in [5.74, 6) is 0.830. The second-order valence-corrected chi connectivity index (χ2v) is 4.89. The van der Waals surface area contributed by atoms with Crippen LogP contribution >= 0.6 is 0 Å². The van der Waals surface area contributed by atoms with Crippen molar-refractivity contribution in [3.8, 4) is 11.5 Å². The molecule has 0 saturated carbocycles. The van der Waals surface area contributed by atoms with Gasteiger partial charge in [0.1, 0.15) is 17.6 Å². The molecular weight excluding hydrogens is 286 g/mol. The monoisotopic (exact) mass is 301 g/mol. The van der Waals surface area contributed by atoms with E-state index in [9.17, 15) is 4.79 Å². The maximum absolute atomic E-state index is 11.8. The molecule has 1 aromatic heterocycles. The molecule has 22 heavy (non-hydrogen) atoms. The van der Waals surface area contributed by atoms with Crippen molar-refractivity contribution < 1.29 is 23.5 Å². The van der Waals surface area contributed by atoms with Gasteiger partial charge >= 0.3 is 5.97 Å². The minimum Gasteiger partial charge on any atom is -0.497 e. The summed E-state index contributed by atoms with van der Waals surface area (Å²) < 4.78 is 15.9. The van der Waals surface area contributed by atoms with Crippen molar-refractivity contribution in [2.75, 3.05) is 7.11 Å². The molecule has 0 aliphatic carbocycles. The standard InChI is InChI=1S/C16H15NO5/c1-10-8-13(17-22-16(18)14-4-3-7-20-14)12-6-5-11(19-2)9-15(12)21-10/h3-7,9-10H,8H2,1-2H3/b17-13-/t10-/m1/s1. The fraction of sp³-hybridized carbons (Fsp3) is 0.250. The number of methoxy groups -OCH3 is 1. The topological polar surface area (TPSA) is 70.3 Å². The summed E-state index contributed by atoms with van der Waals surface area (Å²) >= 11 is 0. The zero-order valence-electron chi connectivity index (χ0n) is 12.2. The predicted molar refractivity (Wildman–Crippen MR) is 78.4 cm³/mol. The third kappa shape index (κ3) is 2.81. The molecule has 6 nitrogen and oxygen atoms in total. The molecule has 0 saturated heterocycles. The summed E-state index contributed by atoms with van der Waals surface area (Å²) in [6.07, 6.45) is 1.88. The third-order valence-electron chi connectivity index (χ3n) is 3.27. The van der Waals surface area contributed by atoms with Gasteiger partial charge in [-0.3, -0.25) is 0 Å². The zero-order valence-corrected chi connectivity index (χ0v) is 12.2. The highest BCUT2D eigenvalue weighted by atomic mass is 16.7. The van der Waals surface area contributed by atoms with E-state index in [1.807, 2.05) is 19.1 Å². The summed E-state index contributed by atoms with van der Waals surface area (Å²) in [5, 5.41) is 3.97. The summed E-state index contributed by atoms with van der Waals surface area (Å²) in [7, 11) is 1.59. The Balaban J connectivity index is 1.85. The van der Waals surface area contributed by atoms with Crippen LogP contribution < -0.4 is 9.47 Å². The van der Waals surface area contributed by atoms with E-state index in [1.54, 1.807) is 19.2 Å². The number of nitrogens with zero attached hydrogens (tertiary/aromatic N) is 1. The lowest BCUT2D eigenvalue weighted by Gasteiger charge is -2.24. The number of carbonyl (C=O) groups is 1. The van der Waals surface area contributed by atoms with Crippen LogP contribution in [-0.2, 0) is 4.84 Å². The molecule has 0 amide bonds. The predicted octanol–water partition coefficient (Wildman–Crippen LogP) is 3.02. The highest BCUT2D eigenvalue weighted by Gasteiger charge is 2.24. The molecule has 1 aliphatic heterocycles. The molecule has 2 heterocycles. The second-order valence-electron chi connectivity index (χ2n) is 4.89. The Hall–Kier alpha value is -2.76. The fourth-order valence-corrected chi connectivity index (χ4v) is 2.23. The van der Waals surface area contributed by atoms with Crippen LogP contribution in [0, 0.1) is 0 Å². The largest absolute Gasteiger partial charge is 0.497 e. The number of ether oxygens (including phenoxy) is 2. The van der Waals surface area contributed by atoms with Gasteiger partial charge in [-0.25, -0.2) is 4.79 Å². The number of fused-ring (bicyclic) bond motifs is 1. The van der Waals surface area contributed by atoms with Crippen molar-refractivity contribution in [3.05, 3.63) is 47.9 Å². The highest BCUT2D eigenvalue weighted by molar-refractivity contribution is 6.04. The smallest absolute Gasteiger partial charge is 0.400 e. The van der Waals surface area contributed by atoms with Crippen LogP contribution in [0.4, 0.5) is 0 Å². The first-order chi connectivity index (χ1) is 10.7. The number of benzene rings is 1. The maximum Gasteiger partial charge on any atom is 0.400 e. The number of carbonyl (C=O) groups excluding carboxylic acids is 1.